The Balaban J connectivity index is 1.81. The minimum absolute atomic E-state index is 0.716. The van der Waals surface area contributed by atoms with Crippen molar-refractivity contribution in [2.75, 3.05) is 26.4 Å². The summed E-state index contributed by atoms with van der Waals surface area (Å²) in [5, 5.41) is 101. The van der Waals surface area contributed by atoms with Crippen molar-refractivity contribution >= 4 is 5.78 Å². The lowest BCUT2D eigenvalue weighted by Crippen LogP contribution is -2.74. The first-order chi connectivity index (χ1) is 18.8. The average Bonchev–Trinajstić information content (AvgIpc) is 2.95. The van der Waals surface area contributed by atoms with Crippen LogP contribution in [0.15, 0.2) is 0 Å². The van der Waals surface area contributed by atoms with E-state index in [1.54, 1.807) is 0 Å². The predicted molar refractivity (Wildman–Crippen MR) is 124 cm³/mol. The van der Waals surface area contributed by atoms with Gasteiger partial charge in [0.25, 0.3) is 0 Å². The second kappa shape index (κ2) is 13.5. The summed E-state index contributed by atoms with van der Waals surface area (Å²) in [5.41, 5.74) is 15.0. The van der Waals surface area contributed by atoms with E-state index in [0.717, 1.165) is 0 Å². The van der Waals surface area contributed by atoms with Crippen molar-refractivity contribution in [1.29, 1.82) is 0 Å². The van der Waals surface area contributed by atoms with E-state index in [1.165, 1.54) is 0 Å². The molecule has 19 nitrogen and oxygen atoms in total. The highest BCUT2D eigenvalue weighted by atomic mass is 16.7. The molecule has 0 saturated carbocycles. The van der Waals surface area contributed by atoms with Crippen LogP contribution in [0.4, 0.5) is 0 Å². The van der Waals surface area contributed by atoms with E-state index >= 15 is 0 Å². The van der Waals surface area contributed by atoms with Gasteiger partial charge in [-0.2, -0.15) is 0 Å². The lowest BCUT2D eigenvalue weighted by Gasteiger charge is -2.50. The molecule has 0 amide bonds. The number of ketones is 1. The van der Waals surface area contributed by atoms with Crippen molar-refractivity contribution in [3.05, 3.63) is 0 Å². The highest BCUT2D eigenvalue weighted by molar-refractivity contribution is 5.92. The molecule has 16 atom stereocenters. The zero-order valence-electron chi connectivity index (χ0n) is 21.1. The van der Waals surface area contributed by atoms with Gasteiger partial charge in [-0.05, 0) is 0 Å². The van der Waals surface area contributed by atoms with Crippen LogP contribution in [-0.4, -0.2) is 181 Å². The number of hydrogen-bond donors (Lipinski definition) is 13. The minimum atomic E-state index is -2.70. The molecule has 0 aliphatic carbocycles. The van der Waals surface area contributed by atoms with Gasteiger partial charge in [0.1, 0.15) is 54.9 Å². The first-order valence-corrected chi connectivity index (χ1v) is 12.4. The van der Waals surface area contributed by atoms with Crippen molar-refractivity contribution in [2.45, 2.75) is 97.5 Å². The van der Waals surface area contributed by atoms with Gasteiger partial charge in [-0.1, -0.05) is 0 Å². The summed E-state index contributed by atoms with van der Waals surface area (Å²) in [6.07, 6.45) is -20.4. The Morgan fingerprint density at radius 3 is 1.80 bits per heavy atom. The third-order valence-corrected chi connectivity index (χ3v) is 7.37. The molecular formula is C21H39N3O16. The molecule has 0 aromatic carbocycles. The van der Waals surface area contributed by atoms with Crippen molar-refractivity contribution in [2.24, 2.45) is 17.2 Å². The monoisotopic (exact) mass is 589 g/mol. The summed E-state index contributed by atoms with van der Waals surface area (Å²) in [6, 6.07) is -4.44. The molecule has 0 aromatic rings. The molecule has 3 aliphatic heterocycles. The fourth-order valence-corrected chi connectivity index (χ4v) is 4.86. The zero-order valence-corrected chi connectivity index (χ0v) is 21.1. The number of Topliss-reactive ketones (excluding diaryl/α,β-unsaturated/α-hetero) is 1. The molecule has 234 valence electrons. The van der Waals surface area contributed by atoms with Gasteiger partial charge in [-0.3, -0.25) is 4.79 Å². The summed E-state index contributed by atoms with van der Waals surface area (Å²) in [5.74, 6) is -1.40. The van der Waals surface area contributed by atoms with Gasteiger partial charge in [0, 0.05) is 0 Å². The number of ether oxygens (including phenoxy) is 5. The van der Waals surface area contributed by atoms with Crippen LogP contribution in [-0.2, 0) is 28.5 Å². The number of aliphatic hydroxyl groups excluding tert-OH is 10. The molecule has 3 unspecified atom stereocenters. The Hall–Kier alpha value is -1.05. The number of nitrogens with two attached hydrogens (primary N) is 3. The van der Waals surface area contributed by atoms with Gasteiger partial charge in [-0.15, -0.1) is 0 Å². The Bertz CT molecular complexity index is 842. The largest absolute Gasteiger partial charge is 0.394 e. The van der Waals surface area contributed by atoms with Crippen LogP contribution in [0.25, 0.3) is 0 Å². The Labute approximate surface area is 227 Å². The third-order valence-electron chi connectivity index (χ3n) is 7.37. The fourth-order valence-electron chi connectivity index (χ4n) is 4.86. The van der Waals surface area contributed by atoms with Gasteiger partial charge >= 0.3 is 0 Å². The first-order valence-electron chi connectivity index (χ1n) is 12.4. The molecule has 3 saturated heterocycles. The molecule has 40 heavy (non-hydrogen) atoms. The van der Waals surface area contributed by atoms with Crippen molar-refractivity contribution < 1.29 is 79.5 Å². The van der Waals surface area contributed by atoms with Gasteiger partial charge in [0.15, 0.2) is 24.5 Å². The Morgan fingerprint density at radius 1 is 0.775 bits per heavy atom. The smallest absolute Gasteiger partial charge is 0.200 e. The van der Waals surface area contributed by atoms with E-state index in [-0.39, 0.29) is 0 Å². The van der Waals surface area contributed by atoms with E-state index < -0.39 is 130 Å². The van der Waals surface area contributed by atoms with Crippen LogP contribution in [0.3, 0.4) is 0 Å². The van der Waals surface area contributed by atoms with Crippen LogP contribution < -0.4 is 17.2 Å². The second-order valence-corrected chi connectivity index (χ2v) is 9.92. The van der Waals surface area contributed by atoms with Crippen LogP contribution in [0.1, 0.15) is 0 Å². The van der Waals surface area contributed by atoms with Crippen molar-refractivity contribution in [1.82, 2.24) is 0 Å². The van der Waals surface area contributed by atoms with E-state index in [2.05, 4.69) is 0 Å². The molecular weight excluding hydrogens is 550 g/mol. The molecule has 3 aliphatic rings. The summed E-state index contributed by atoms with van der Waals surface area (Å²) < 4.78 is 27.4. The van der Waals surface area contributed by atoms with Crippen LogP contribution in [0.5, 0.6) is 0 Å². The standard InChI is InChI=1S/C21H39N3O16/c22-8-11(30)14(6(2-26)36-18(8)35)38-19-9(23)12(31)15(7(3-27)37-19)39-20-10(24)13(32)17(34)21(4-28,40-20)16(33)5(29)1-25/h5-15,17-20,25-32,34-35H,1-4,22-24H2/t5?,6-,7-,8-,9-,10-,11-,12-,13-,14?,15?,17+,18-,19+,20+,21+/m1/s1. The number of hydrogen-bond acceptors (Lipinski definition) is 19. The molecule has 3 rings (SSSR count). The van der Waals surface area contributed by atoms with E-state index in [4.69, 9.17) is 46.0 Å². The van der Waals surface area contributed by atoms with E-state index in [9.17, 15) is 50.8 Å². The summed E-state index contributed by atoms with van der Waals surface area (Å²) in [4.78, 5) is 12.7. The fraction of sp³-hybridized carbons (Fsp3) is 0.952. The zero-order chi connectivity index (χ0) is 30.1. The van der Waals surface area contributed by atoms with Gasteiger partial charge in [0.05, 0.1) is 44.6 Å². The lowest BCUT2D eigenvalue weighted by atomic mass is 9.81. The average molecular weight is 590 g/mol. The summed E-state index contributed by atoms with van der Waals surface area (Å²) in [6.45, 7) is -3.96. The topological polar surface area (TPSA) is 344 Å². The second-order valence-electron chi connectivity index (χ2n) is 9.92. The Kier molecular flexibility index (Phi) is 11.3. The van der Waals surface area contributed by atoms with Gasteiger partial charge in [-0.25, -0.2) is 0 Å². The number of aliphatic hydroxyl groups is 10. The molecule has 0 bridgehead atoms. The minimum Gasteiger partial charge on any atom is -0.394 e. The third kappa shape index (κ3) is 6.04. The van der Waals surface area contributed by atoms with Gasteiger partial charge < -0.3 is 92.0 Å². The number of rotatable bonds is 10. The maximum Gasteiger partial charge on any atom is 0.200 e. The lowest BCUT2D eigenvalue weighted by molar-refractivity contribution is -0.356. The van der Waals surface area contributed by atoms with E-state index in [0.29, 0.717) is 0 Å². The Morgan fingerprint density at radius 2 is 1.27 bits per heavy atom. The van der Waals surface area contributed by atoms with Crippen molar-refractivity contribution in [3.8, 4) is 0 Å². The molecule has 0 aromatic heterocycles. The number of carbonyl (C=O) groups excluding carboxylic acids is 1. The molecule has 3 fully saturated rings. The molecule has 19 heteroatoms. The molecule has 0 radical (unpaired) electrons. The summed E-state index contributed by atoms with van der Waals surface area (Å²) in [7, 11) is 0. The highest BCUT2D eigenvalue weighted by Crippen LogP contribution is 2.35. The molecule has 3 heterocycles. The summed E-state index contributed by atoms with van der Waals surface area (Å²) >= 11 is 0. The quantitative estimate of drug-likeness (QED) is 0.112. The maximum atomic E-state index is 12.7. The SMILES string of the molecule is N[C@H]1[C@@H](OC2[C@@H](CO)O[C@@H](OC3[C@@H](CO)O[C@@H](O)[C@H](N)[C@H]3O)[C@H](N)[C@H]2O)O[C@@](CO)(C(=O)C(O)CO)[C@@H](O)[C@@H]1O. The van der Waals surface area contributed by atoms with Crippen LogP contribution in [0, 0.1) is 0 Å². The van der Waals surface area contributed by atoms with Gasteiger partial charge in [0.2, 0.25) is 5.78 Å². The maximum absolute atomic E-state index is 12.7. The highest BCUT2D eigenvalue weighted by Gasteiger charge is 2.60. The van der Waals surface area contributed by atoms with Crippen LogP contribution in [0.2, 0.25) is 0 Å². The van der Waals surface area contributed by atoms with E-state index in [1.807, 2.05) is 0 Å². The number of carbonyl (C=O) groups is 1. The predicted octanol–water partition coefficient (Wildman–Crippen LogP) is -9.38. The first kappa shape index (κ1) is 33.5. The van der Waals surface area contributed by atoms with Crippen LogP contribution >= 0.6 is 0 Å². The molecule has 16 N–H and O–H groups in total. The van der Waals surface area contributed by atoms with Crippen molar-refractivity contribution in [3.63, 3.8) is 0 Å². The normalized spacial score (nSPS) is 49.0. The molecule has 0 spiro atoms.